The van der Waals surface area contributed by atoms with E-state index in [1.165, 1.54) is 4.90 Å². The Morgan fingerprint density at radius 3 is 2.45 bits per heavy atom. The van der Waals surface area contributed by atoms with E-state index in [9.17, 15) is 19.2 Å². The van der Waals surface area contributed by atoms with Gasteiger partial charge in [0.15, 0.2) is 0 Å². The van der Waals surface area contributed by atoms with Gasteiger partial charge in [0, 0.05) is 39.3 Å². The molecule has 4 amide bonds. The molecule has 5 rings (SSSR count). The van der Waals surface area contributed by atoms with E-state index < -0.39 is 24.0 Å². The molecule has 0 saturated carbocycles. The number of aromatic nitrogens is 4. The number of carbonyl (C=O) groups excluding carboxylic acids is 4. The van der Waals surface area contributed by atoms with Crippen LogP contribution in [-0.2, 0) is 34.0 Å². The number of nitrogens with zero attached hydrogens (tertiary/aromatic N) is 6. The van der Waals surface area contributed by atoms with Crippen molar-refractivity contribution in [2.45, 2.75) is 109 Å². The van der Waals surface area contributed by atoms with Crippen molar-refractivity contribution in [2.75, 3.05) is 20.1 Å². The Morgan fingerprint density at radius 2 is 1.67 bits per heavy atom. The zero-order chi connectivity index (χ0) is 36.2. The van der Waals surface area contributed by atoms with Gasteiger partial charge in [-0.2, -0.15) is 0 Å². The minimum absolute atomic E-state index is 0.0743. The molecule has 2 aromatic heterocycles. The number of amides is 4. The van der Waals surface area contributed by atoms with E-state index >= 15 is 0 Å². The Bertz CT molecular complexity index is 1610. The van der Waals surface area contributed by atoms with Crippen molar-refractivity contribution < 1.29 is 23.9 Å². The second-order valence-electron chi connectivity index (χ2n) is 14.0. The zero-order valence-electron chi connectivity index (χ0n) is 30.1. The Balaban J connectivity index is 1.39. The number of benzene rings is 1. The van der Waals surface area contributed by atoms with Crippen molar-refractivity contribution in [3.63, 3.8) is 0 Å². The van der Waals surface area contributed by atoms with Crippen LogP contribution in [0.5, 0.6) is 5.88 Å². The first-order valence-electron chi connectivity index (χ1n) is 18.4. The highest BCUT2D eigenvalue weighted by Gasteiger charge is 2.41. The van der Waals surface area contributed by atoms with Gasteiger partial charge in [0.05, 0.1) is 6.20 Å². The number of likely N-dealkylation sites (N-methyl/N-ethyl adjacent to an activating group) is 1. The molecule has 4 heterocycles. The highest BCUT2D eigenvalue weighted by atomic mass is 16.5. The topological polar surface area (TPSA) is 152 Å². The van der Waals surface area contributed by atoms with E-state index in [1.807, 2.05) is 50.4 Å². The Hall–Kier alpha value is -4.81. The fraction of sp³-hybridized carbons (Fsp3) is 0.553. The smallest absolute Gasteiger partial charge is 0.257 e. The summed E-state index contributed by atoms with van der Waals surface area (Å²) in [6.07, 6.45) is 11.2. The van der Waals surface area contributed by atoms with E-state index in [2.05, 4.69) is 25.9 Å². The largest absolute Gasteiger partial charge is 0.470 e. The highest BCUT2D eigenvalue weighted by Crippen LogP contribution is 2.24. The van der Waals surface area contributed by atoms with E-state index in [-0.39, 0.29) is 41.7 Å². The number of pyridine rings is 1. The summed E-state index contributed by atoms with van der Waals surface area (Å²) in [5, 5.41) is 14.5. The average Bonchev–Trinajstić information content (AvgIpc) is 3.81. The summed E-state index contributed by atoms with van der Waals surface area (Å²) in [5.74, 6) is -1.12. The van der Waals surface area contributed by atoms with Crippen LogP contribution in [0.15, 0.2) is 54.9 Å². The van der Waals surface area contributed by atoms with Gasteiger partial charge < -0.3 is 25.2 Å². The van der Waals surface area contributed by atoms with Crippen molar-refractivity contribution in [1.29, 1.82) is 0 Å². The maximum Gasteiger partial charge on any atom is 0.257 e. The molecule has 274 valence electrons. The summed E-state index contributed by atoms with van der Waals surface area (Å²) in [4.78, 5) is 63.3. The quantitative estimate of drug-likeness (QED) is 0.416. The molecule has 2 aliphatic heterocycles. The standard InChI is InChI=1S/C38H52N8O5/c1-27(2)23-31-37(49)46-22-14-18-32(46)38(50)44(3)33(24-28-15-9-8-10-16-28)35(48)39-19-11-6-4-5-7-12-21-45-25-29(42-43-45)26-51-36-30(34(47)41-31)17-13-20-40-36/h8-10,13,15-17,20,25,27,31-33H,4-7,11-12,14,18-19,21-24,26H2,1-3H3,(H,39,48)(H,41,47)/t31-,32-,33+/m1/s1. The third-order valence-corrected chi connectivity index (χ3v) is 9.59. The molecule has 1 fully saturated rings. The molecule has 2 bridgehead atoms. The lowest BCUT2D eigenvalue weighted by atomic mass is 10.0. The van der Waals surface area contributed by atoms with Gasteiger partial charge in [-0.05, 0) is 55.7 Å². The molecule has 0 spiro atoms. The Morgan fingerprint density at radius 1 is 0.902 bits per heavy atom. The van der Waals surface area contributed by atoms with E-state index in [0.29, 0.717) is 44.5 Å². The van der Waals surface area contributed by atoms with E-state index in [0.717, 1.165) is 50.6 Å². The fourth-order valence-corrected chi connectivity index (χ4v) is 6.82. The first-order chi connectivity index (χ1) is 24.7. The number of rotatable bonds is 4. The SMILES string of the molecule is CC(C)C[C@H]1NC(=O)c2cccnc2OCc2cn(nn2)CCCCCCCCNC(=O)[C@H](Cc2ccccc2)N(C)C(=O)[C@H]2CCCN2C1=O. The van der Waals surface area contributed by atoms with Gasteiger partial charge in [-0.1, -0.05) is 75.1 Å². The predicted octanol–water partition coefficient (Wildman–Crippen LogP) is 3.93. The molecule has 0 radical (unpaired) electrons. The highest BCUT2D eigenvalue weighted by molar-refractivity contribution is 6.00. The number of nitrogens with one attached hydrogen (secondary N) is 2. The van der Waals surface area contributed by atoms with Crippen molar-refractivity contribution >= 4 is 23.6 Å². The molecule has 2 aliphatic rings. The van der Waals surface area contributed by atoms with Crippen LogP contribution in [-0.4, -0.2) is 91.7 Å². The number of aryl methyl sites for hydroxylation is 1. The van der Waals surface area contributed by atoms with Crippen LogP contribution < -0.4 is 15.4 Å². The fourth-order valence-electron chi connectivity index (χ4n) is 6.82. The summed E-state index contributed by atoms with van der Waals surface area (Å²) in [6.45, 7) is 5.68. The third-order valence-electron chi connectivity index (χ3n) is 9.59. The average molecular weight is 701 g/mol. The Kier molecular flexibility index (Phi) is 13.5. The van der Waals surface area contributed by atoms with Gasteiger partial charge >= 0.3 is 0 Å². The summed E-state index contributed by atoms with van der Waals surface area (Å²) in [7, 11) is 1.65. The number of fused-ring (bicyclic) bond motifs is 4. The lowest BCUT2D eigenvalue weighted by Crippen LogP contribution is -2.57. The van der Waals surface area contributed by atoms with Gasteiger partial charge in [-0.15, -0.1) is 5.10 Å². The van der Waals surface area contributed by atoms with E-state index in [1.54, 1.807) is 35.0 Å². The van der Waals surface area contributed by atoms with E-state index in [4.69, 9.17) is 4.74 Å². The molecule has 51 heavy (non-hydrogen) atoms. The predicted molar refractivity (Wildman–Crippen MR) is 191 cm³/mol. The van der Waals surface area contributed by atoms with Gasteiger partial charge in [-0.25, -0.2) is 4.98 Å². The monoisotopic (exact) mass is 700 g/mol. The molecule has 13 nitrogen and oxygen atoms in total. The van der Waals surface area contributed by atoms with Crippen LogP contribution in [0.1, 0.15) is 93.3 Å². The van der Waals surface area contributed by atoms with Crippen LogP contribution >= 0.6 is 0 Å². The summed E-state index contributed by atoms with van der Waals surface area (Å²) < 4.78 is 7.75. The molecule has 1 saturated heterocycles. The minimum atomic E-state index is -0.883. The molecule has 1 aromatic carbocycles. The first kappa shape index (κ1) is 37.4. The van der Waals surface area contributed by atoms with Crippen molar-refractivity contribution in [1.82, 2.24) is 40.4 Å². The number of ether oxygens (including phenoxy) is 1. The second kappa shape index (κ2) is 18.4. The van der Waals surface area contributed by atoms with Crippen molar-refractivity contribution in [2.24, 2.45) is 5.92 Å². The second-order valence-corrected chi connectivity index (χ2v) is 14.0. The van der Waals surface area contributed by atoms with Crippen molar-refractivity contribution in [3.05, 3.63) is 71.7 Å². The minimum Gasteiger partial charge on any atom is -0.470 e. The molecule has 0 aliphatic carbocycles. The lowest BCUT2D eigenvalue weighted by Gasteiger charge is -2.34. The van der Waals surface area contributed by atoms with Crippen LogP contribution in [0.2, 0.25) is 0 Å². The van der Waals surface area contributed by atoms with Gasteiger partial charge in [0.2, 0.25) is 23.6 Å². The summed E-state index contributed by atoms with van der Waals surface area (Å²) in [6, 6.07) is 10.5. The zero-order valence-corrected chi connectivity index (χ0v) is 30.1. The summed E-state index contributed by atoms with van der Waals surface area (Å²) in [5.41, 5.74) is 1.75. The molecule has 2 N–H and O–H groups in total. The maximum absolute atomic E-state index is 14.2. The van der Waals surface area contributed by atoms with Crippen molar-refractivity contribution in [3.8, 4) is 5.88 Å². The first-order valence-corrected chi connectivity index (χ1v) is 18.4. The maximum atomic E-state index is 14.2. The van der Waals surface area contributed by atoms with Crippen LogP contribution in [0.4, 0.5) is 0 Å². The molecular formula is C38H52N8O5. The molecular weight excluding hydrogens is 648 g/mol. The number of hydrogen-bond donors (Lipinski definition) is 2. The lowest BCUT2D eigenvalue weighted by molar-refractivity contribution is -0.147. The third kappa shape index (κ3) is 10.4. The molecule has 3 atom stereocenters. The van der Waals surface area contributed by atoms with Crippen LogP contribution in [0.3, 0.4) is 0 Å². The normalized spacial score (nSPS) is 22.2. The van der Waals surface area contributed by atoms with Crippen LogP contribution in [0, 0.1) is 5.92 Å². The number of hydrogen-bond acceptors (Lipinski definition) is 8. The van der Waals surface area contributed by atoms with Gasteiger partial charge in [0.1, 0.15) is 36.0 Å². The Labute approximate surface area is 300 Å². The molecule has 3 aromatic rings. The number of carbonyl (C=O) groups is 4. The summed E-state index contributed by atoms with van der Waals surface area (Å²) >= 11 is 0. The molecule has 13 heteroatoms. The van der Waals surface area contributed by atoms with Gasteiger partial charge in [0.25, 0.3) is 5.91 Å². The molecule has 0 unspecified atom stereocenters. The van der Waals surface area contributed by atoms with Crippen LogP contribution in [0.25, 0.3) is 0 Å². The van der Waals surface area contributed by atoms with Gasteiger partial charge in [-0.3, -0.25) is 23.9 Å².